The van der Waals surface area contributed by atoms with Crippen LogP contribution in [-0.4, -0.2) is 25.1 Å². The molecule has 20 heavy (non-hydrogen) atoms. The monoisotopic (exact) mass is 278 g/mol. The van der Waals surface area contributed by atoms with E-state index in [2.05, 4.69) is 24.4 Å². The molecule has 4 heteroatoms. The molecule has 112 valence electrons. The molecule has 0 spiro atoms. The maximum absolute atomic E-state index is 11.4. The molecule has 0 radical (unpaired) electrons. The molecule has 0 saturated heterocycles. The molecule has 4 nitrogen and oxygen atoms in total. The summed E-state index contributed by atoms with van der Waals surface area (Å²) < 4.78 is 5.62. The Labute approximate surface area is 121 Å². The molecule has 1 amide bonds. The minimum absolute atomic E-state index is 0.0589. The van der Waals surface area contributed by atoms with Crippen LogP contribution in [0.2, 0.25) is 0 Å². The molecule has 0 bridgehead atoms. The quantitative estimate of drug-likeness (QED) is 0.803. The standard InChI is InChI=1S/C16H26N2O2/c1-5-14(17)9-13-7-11(3)16(12(4)8-13)20-10-15(19)18-6-2/h7-8,14H,5-6,9-10,17H2,1-4H3,(H,18,19). The van der Waals surface area contributed by atoms with Crippen molar-refractivity contribution >= 4 is 5.91 Å². The molecular formula is C16H26N2O2. The van der Waals surface area contributed by atoms with Crippen LogP contribution in [0.4, 0.5) is 0 Å². The van der Waals surface area contributed by atoms with Crippen molar-refractivity contribution < 1.29 is 9.53 Å². The van der Waals surface area contributed by atoms with E-state index >= 15 is 0 Å². The normalized spacial score (nSPS) is 12.1. The van der Waals surface area contributed by atoms with Gasteiger partial charge in [0.1, 0.15) is 5.75 Å². The fourth-order valence-electron chi connectivity index (χ4n) is 2.22. The van der Waals surface area contributed by atoms with Crippen LogP contribution in [0.1, 0.15) is 37.0 Å². The second-order valence-electron chi connectivity index (χ2n) is 5.17. The molecule has 1 unspecified atom stereocenters. The van der Waals surface area contributed by atoms with Crippen molar-refractivity contribution in [3.63, 3.8) is 0 Å². The van der Waals surface area contributed by atoms with E-state index in [4.69, 9.17) is 10.5 Å². The number of hydrogen-bond donors (Lipinski definition) is 2. The van der Waals surface area contributed by atoms with Gasteiger partial charge in [0, 0.05) is 12.6 Å². The lowest BCUT2D eigenvalue weighted by Gasteiger charge is -2.15. The van der Waals surface area contributed by atoms with Crippen LogP contribution < -0.4 is 15.8 Å². The zero-order valence-corrected chi connectivity index (χ0v) is 13.0. The number of likely N-dealkylation sites (N-methyl/N-ethyl adjacent to an activating group) is 1. The van der Waals surface area contributed by atoms with Gasteiger partial charge in [-0.1, -0.05) is 19.1 Å². The summed E-state index contributed by atoms with van der Waals surface area (Å²) in [7, 11) is 0. The molecule has 0 aromatic heterocycles. The predicted octanol–water partition coefficient (Wildman–Crippen LogP) is 2.10. The molecule has 3 N–H and O–H groups in total. The minimum Gasteiger partial charge on any atom is -0.483 e. The number of carbonyl (C=O) groups is 1. The SMILES string of the molecule is CCNC(=O)COc1c(C)cc(CC(N)CC)cc1C. The van der Waals surface area contributed by atoms with E-state index in [1.165, 1.54) is 5.56 Å². The summed E-state index contributed by atoms with van der Waals surface area (Å²) in [5.41, 5.74) is 9.31. The topological polar surface area (TPSA) is 64.3 Å². The second kappa shape index (κ2) is 7.90. The highest BCUT2D eigenvalue weighted by Crippen LogP contribution is 2.25. The van der Waals surface area contributed by atoms with Gasteiger partial charge in [-0.15, -0.1) is 0 Å². The van der Waals surface area contributed by atoms with E-state index < -0.39 is 0 Å². The molecule has 0 aliphatic rings. The Bertz CT molecular complexity index is 435. The van der Waals surface area contributed by atoms with E-state index in [0.29, 0.717) is 6.54 Å². The average Bonchev–Trinajstić information content (AvgIpc) is 2.37. The molecule has 1 aromatic carbocycles. The summed E-state index contributed by atoms with van der Waals surface area (Å²) in [5.74, 6) is 0.702. The lowest BCUT2D eigenvalue weighted by molar-refractivity contribution is -0.122. The van der Waals surface area contributed by atoms with Gasteiger partial charge in [0.2, 0.25) is 0 Å². The van der Waals surface area contributed by atoms with Crippen LogP contribution in [0.5, 0.6) is 5.75 Å². The molecule has 0 heterocycles. The summed E-state index contributed by atoms with van der Waals surface area (Å²) in [6.07, 6.45) is 1.84. The van der Waals surface area contributed by atoms with Gasteiger partial charge in [0.05, 0.1) is 0 Å². The van der Waals surface area contributed by atoms with Gasteiger partial charge in [0.15, 0.2) is 6.61 Å². The van der Waals surface area contributed by atoms with Gasteiger partial charge < -0.3 is 15.8 Å². The molecule has 1 rings (SSSR count). The third-order valence-corrected chi connectivity index (χ3v) is 3.26. The molecule has 0 aliphatic carbocycles. The van der Waals surface area contributed by atoms with Crippen LogP contribution in [-0.2, 0) is 11.2 Å². The summed E-state index contributed by atoms with van der Waals surface area (Å²) in [4.78, 5) is 11.4. The Morgan fingerprint density at radius 1 is 1.30 bits per heavy atom. The number of amides is 1. The van der Waals surface area contributed by atoms with Crippen LogP contribution in [0.3, 0.4) is 0 Å². The van der Waals surface area contributed by atoms with Crippen LogP contribution in [0.15, 0.2) is 12.1 Å². The van der Waals surface area contributed by atoms with Crippen molar-refractivity contribution in [2.24, 2.45) is 5.73 Å². The molecule has 0 saturated carbocycles. The third-order valence-electron chi connectivity index (χ3n) is 3.26. The first-order valence-corrected chi connectivity index (χ1v) is 7.23. The lowest BCUT2D eigenvalue weighted by Crippen LogP contribution is -2.28. The van der Waals surface area contributed by atoms with Gasteiger partial charge in [-0.25, -0.2) is 0 Å². The smallest absolute Gasteiger partial charge is 0.257 e. The maximum Gasteiger partial charge on any atom is 0.257 e. The number of nitrogens with two attached hydrogens (primary N) is 1. The number of carbonyl (C=O) groups excluding carboxylic acids is 1. The van der Waals surface area contributed by atoms with Crippen molar-refractivity contribution in [2.75, 3.05) is 13.2 Å². The Hall–Kier alpha value is -1.55. The summed E-state index contributed by atoms with van der Waals surface area (Å²) >= 11 is 0. The largest absolute Gasteiger partial charge is 0.483 e. The van der Waals surface area contributed by atoms with E-state index in [1.807, 2.05) is 20.8 Å². The van der Waals surface area contributed by atoms with Crippen molar-refractivity contribution in [1.82, 2.24) is 5.32 Å². The first-order valence-electron chi connectivity index (χ1n) is 7.23. The average molecular weight is 278 g/mol. The van der Waals surface area contributed by atoms with Gasteiger partial charge in [-0.05, 0) is 50.3 Å². The number of aryl methyl sites for hydroxylation is 2. The van der Waals surface area contributed by atoms with Crippen molar-refractivity contribution in [2.45, 2.75) is 46.6 Å². The maximum atomic E-state index is 11.4. The first-order chi connectivity index (χ1) is 9.47. The highest BCUT2D eigenvalue weighted by atomic mass is 16.5. The number of benzene rings is 1. The molecular weight excluding hydrogens is 252 g/mol. The van der Waals surface area contributed by atoms with E-state index in [0.717, 1.165) is 29.7 Å². The Kier molecular flexibility index (Phi) is 6.52. The van der Waals surface area contributed by atoms with E-state index in [9.17, 15) is 4.79 Å². The number of ether oxygens (including phenoxy) is 1. The fraction of sp³-hybridized carbons (Fsp3) is 0.562. The van der Waals surface area contributed by atoms with Gasteiger partial charge >= 0.3 is 0 Å². The van der Waals surface area contributed by atoms with E-state index in [-0.39, 0.29) is 18.6 Å². The minimum atomic E-state index is -0.0941. The highest BCUT2D eigenvalue weighted by molar-refractivity contribution is 5.77. The van der Waals surface area contributed by atoms with Crippen molar-refractivity contribution in [3.05, 3.63) is 28.8 Å². The predicted molar refractivity (Wildman–Crippen MR) is 82.1 cm³/mol. The Balaban J connectivity index is 2.76. The number of nitrogens with one attached hydrogen (secondary N) is 1. The van der Waals surface area contributed by atoms with Crippen LogP contribution in [0.25, 0.3) is 0 Å². The summed E-state index contributed by atoms with van der Waals surface area (Å²) in [6.45, 7) is 8.66. The third kappa shape index (κ3) is 4.85. The van der Waals surface area contributed by atoms with Gasteiger partial charge in [-0.3, -0.25) is 4.79 Å². The van der Waals surface area contributed by atoms with Gasteiger partial charge in [-0.2, -0.15) is 0 Å². The van der Waals surface area contributed by atoms with Crippen LogP contribution in [0, 0.1) is 13.8 Å². The zero-order valence-electron chi connectivity index (χ0n) is 13.0. The van der Waals surface area contributed by atoms with E-state index in [1.54, 1.807) is 0 Å². The van der Waals surface area contributed by atoms with Crippen LogP contribution >= 0.6 is 0 Å². The molecule has 1 aromatic rings. The van der Waals surface area contributed by atoms with Crippen molar-refractivity contribution in [1.29, 1.82) is 0 Å². The Morgan fingerprint density at radius 3 is 2.40 bits per heavy atom. The highest BCUT2D eigenvalue weighted by Gasteiger charge is 2.10. The van der Waals surface area contributed by atoms with Crippen molar-refractivity contribution in [3.8, 4) is 5.75 Å². The summed E-state index contributed by atoms with van der Waals surface area (Å²) in [6, 6.07) is 4.38. The Morgan fingerprint density at radius 2 is 1.90 bits per heavy atom. The molecule has 0 aliphatic heterocycles. The first kappa shape index (κ1) is 16.5. The van der Waals surface area contributed by atoms with Gasteiger partial charge in [0.25, 0.3) is 5.91 Å². The number of rotatable bonds is 7. The lowest BCUT2D eigenvalue weighted by atomic mass is 9.99. The summed E-state index contributed by atoms with van der Waals surface area (Å²) in [5, 5.41) is 2.72. The zero-order chi connectivity index (χ0) is 15.1. The molecule has 1 atom stereocenters. The fourth-order valence-corrected chi connectivity index (χ4v) is 2.22. The number of hydrogen-bond acceptors (Lipinski definition) is 3. The second-order valence-corrected chi connectivity index (χ2v) is 5.17. The molecule has 0 fully saturated rings.